The first-order chi connectivity index (χ1) is 7.79. The van der Waals surface area contributed by atoms with E-state index < -0.39 is 0 Å². The zero-order valence-corrected chi connectivity index (χ0v) is 9.57. The second-order valence-corrected chi connectivity index (χ2v) is 4.22. The quantitative estimate of drug-likeness (QED) is 0.762. The third kappa shape index (κ3) is 3.01. The lowest BCUT2D eigenvalue weighted by Gasteiger charge is -2.14. The summed E-state index contributed by atoms with van der Waals surface area (Å²) in [6, 6.07) is 9.26. The minimum absolute atomic E-state index is 0.329. The van der Waals surface area contributed by atoms with E-state index in [1.165, 1.54) is 18.4 Å². The maximum absolute atomic E-state index is 5.33. The van der Waals surface area contributed by atoms with Gasteiger partial charge >= 0.3 is 0 Å². The SMILES string of the molecule is C#CCOc1ccc(C(C)NC2CC2)cc1. The van der Waals surface area contributed by atoms with Crippen LogP contribution in [-0.2, 0) is 0 Å². The van der Waals surface area contributed by atoms with Crippen molar-refractivity contribution in [1.29, 1.82) is 0 Å². The van der Waals surface area contributed by atoms with Crippen LogP contribution < -0.4 is 10.1 Å². The molecule has 0 aromatic heterocycles. The number of hydrogen-bond donors (Lipinski definition) is 1. The predicted molar refractivity (Wildman–Crippen MR) is 65.3 cm³/mol. The third-order valence-electron chi connectivity index (χ3n) is 2.77. The molecule has 0 radical (unpaired) electrons. The molecule has 0 bridgehead atoms. The minimum Gasteiger partial charge on any atom is -0.481 e. The molecule has 1 unspecified atom stereocenters. The predicted octanol–water partition coefficient (Wildman–Crippen LogP) is 2.51. The van der Waals surface area contributed by atoms with Gasteiger partial charge in [0.05, 0.1) is 0 Å². The van der Waals surface area contributed by atoms with Crippen LogP contribution in [0.15, 0.2) is 24.3 Å². The van der Waals surface area contributed by atoms with Crippen molar-refractivity contribution >= 4 is 0 Å². The second-order valence-electron chi connectivity index (χ2n) is 4.22. The molecular weight excluding hydrogens is 198 g/mol. The minimum atomic E-state index is 0.329. The van der Waals surface area contributed by atoms with Gasteiger partial charge < -0.3 is 10.1 Å². The van der Waals surface area contributed by atoms with Gasteiger partial charge in [-0.2, -0.15) is 0 Å². The molecule has 2 nitrogen and oxygen atoms in total. The lowest BCUT2D eigenvalue weighted by atomic mass is 10.1. The summed E-state index contributed by atoms with van der Waals surface area (Å²) < 4.78 is 5.33. The Balaban J connectivity index is 1.92. The van der Waals surface area contributed by atoms with Gasteiger partial charge in [0.25, 0.3) is 0 Å². The number of rotatable bonds is 5. The van der Waals surface area contributed by atoms with Gasteiger partial charge in [-0.1, -0.05) is 18.1 Å². The van der Waals surface area contributed by atoms with E-state index in [1.807, 2.05) is 12.1 Å². The standard InChI is InChI=1S/C14H17NO/c1-3-10-16-14-8-4-12(5-9-14)11(2)15-13-6-7-13/h1,4-5,8-9,11,13,15H,6-7,10H2,2H3. The fourth-order valence-corrected chi connectivity index (χ4v) is 1.68. The molecule has 2 heteroatoms. The summed E-state index contributed by atoms with van der Waals surface area (Å²) in [5, 5.41) is 3.56. The van der Waals surface area contributed by atoms with Crippen molar-refractivity contribution in [2.24, 2.45) is 0 Å². The Kier molecular flexibility index (Phi) is 3.48. The van der Waals surface area contributed by atoms with Crippen molar-refractivity contribution in [2.75, 3.05) is 6.61 Å². The molecule has 1 saturated carbocycles. The van der Waals surface area contributed by atoms with E-state index in [4.69, 9.17) is 11.2 Å². The average molecular weight is 215 g/mol. The highest BCUT2D eigenvalue weighted by Gasteiger charge is 2.23. The fourth-order valence-electron chi connectivity index (χ4n) is 1.68. The van der Waals surface area contributed by atoms with E-state index in [2.05, 4.69) is 30.3 Å². The number of terminal acetylenes is 1. The summed E-state index contributed by atoms with van der Waals surface area (Å²) >= 11 is 0. The second kappa shape index (κ2) is 5.05. The summed E-state index contributed by atoms with van der Waals surface area (Å²) in [5.41, 5.74) is 1.29. The molecule has 0 heterocycles. The Morgan fingerprint density at radius 1 is 1.44 bits per heavy atom. The van der Waals surface area contributed by atoms with Crippen molar-refractivity contribution < 1.29 is 4.74 Å². The highest BCUT2D eigenvalue weighted by molar-refractivity contribution is 5.29. The summed E-state index contributed by atoms with van der Waals surface area (Å²) in [6.07, 6.45) is 7.76. The molecule has 0 aliphatic heterocycles. The van der Waals surface area contributed by atoms with E-state index in [9.17, 15) is 0 Å². The maximum atomic E-state index is 5.33. The molecule has 1 fully saturated rings. The lowest BCUT2D eigenvalue weighted by molar-refractivity contribution is 0.370. The van der Waals surface area contributed by atoms with Gasteiger partial charge in [-0.15, -0.1) is 6.42 Å². The monoisotopic (exact) mass is 215 g/mol. The maximum Gasteiger partial charge on any atom is 0.148 e. The number of ether oxygens (including phenoxy) is 1. The Labute approximate surface area is 97.0 Å². The molecule has 0 amide bonds. The van der Waals surface area contributed by atoms with Gasteiger partial charge in [-0.25, -0.2) is 0 Å². The molecular formula is C14H17NO. The van der Waals surface area contributed by atoms with E-state index in [0.29, 0.717) is 12.6 Å². The molecule has 1 aliphatic carbocycles. The highest BCUT2D eigenvalue weighted by atomic mass is 16.5. The Bertz CT molecular complexity index is 373. The lowest BCUT2D eigenvalue weighted by Crippen LogP contribution is -2.20. The topological polar surface area (TPSA) is 21.3 Å². The first-order valence-corrected chi connectivity index (χ1v) is 5.72. The van der Waals surface area contributed by atoms with Crippen LogP contribution in [0, 0.1) is 12.3 Å². The van der Waals surface area contributed by atoms with Crippen molar-refractivity contribution in [2.45, 2.75) is 31.8 Å². The molecule has 0 saturated heterocycles. The molecule has 1 atom stereocenters. The van der Waals surface area contributed by atoms with Gasteiger partial charge in [-0.05, 0) is 37.5 Å². The summed E-state index contributed by atoms with van der Waals surface area (Å²) in [6.45, 7) is 2.52. The molecule has 1 N–H and O–H groups in total. The molecule has 0 spiro atoms. The zero-order chi connectivity index (χ0) is 11.4. The molecule has 84 valence electrons. The van der Waals surface area contributed by atoms with Crippen LogP contribution in [0.25, 0.3) is 0 Å². The number of nitrogens with one attached hydrogen (secondary N) is 1. The Hall–Kier alpha value is -1.46. The Morgan fingerprint density at radius 2 is 2.12 bits per heavy atom. The van der Waals surface area contributed by atoms with E-state index in [0.717, 1.165) is 11.8 Å². The normalized spacial score (nSPS) is 16.5. The molecule has 1 aliphatic rings. The van der Waals surface area contributed by atoms with Gasteiger partial charge in [-0.3, -0.25) is 0 Å². The molecule has 1 aromatic rings. The van der Waals surface area contributed by atoms with Gasteiger partial charge in [0.15, 0.2) is 0 Å². The van der Waals surface area contributed by atoms with Crippen LogP contribution >= 0.6 is 0 Å². The van der Waals surface area contributed by atoms with Gasteiger partial charge in [0.2, 0.25) is 0 Å². The first-order valence-electron chi connectivity index (χ1n) is 5.72. The third-order valence-corrected chi connectivity index (χ3v) is 2.77. The zero-order valence-electron chi connectivity index (χ0n) is 9.57. The Morgan fingerprint density at radius 3 is 2.69 bits per heavy atom. The van der Waals surface area contributed by atoms with Crippen LogP contribution in [0.4, 0.5) is 0 Å². The van der Waals surface area contributed by atoms with E-state index in [1.54, 1.807) is 0 Å². The van der Waals surface area contributed by atoms with Crippen LogP contribution in [0.2, 0.25) is 0 Å². The van der Waals surface area contributed by atoms with Crippen LogP contribution in [0.5, 0.6) is 5.75 Å². The van der Waals surface area contributed by atoms with Gasteiger partial charge in [0, 0.05) is 12.1 Å². The van der Waals surface area contributed by atoms with Crippen LogP contribution in [0.1, 0.15) is 31.4 Å². The van der Waals surface area contributed by atoms with Crippen LogP contribution in [0.3, 0.4) is 0 Å². The number of benzene rings is 1. The average Bonchev–Trinajstić information content (AvgIpc) is 3.11. The smallest absolute Gasteiger partial charge is 0.148 e. The van der Waals surface area contributed by atoms with Gasteiger partial charge in [0.1, 0.15) is 12.4 Å². The number of hydrogen-bond acceptors (Lipinski definition) is 2. The summed E-state index contributed by atoms with van der Waals surface area (Å²) in [4.78, 5) is 0. The first kappa shape index (κ1) is 11.0. The summed E-state index contributed by atoms with van der Waals surface area (Å²) in [5.74, 6) is 3.29. The van der Waals surface area contributed by atoms with Crippen molar-refractivity contribution in [3.63, 3.8) is 0 Å². The van der Waals surface area contributed by atoms with E-state index in [-0.39, 0.29) is 0 Å². The van der Waals surface area contributed by atoms with Crippen molar-refractivity contribution in [1.82, 2.24) is 5.32 Å². The molecule has 2 rings (SSSR count). The van der Waals surface area contributed by atoms with Crippen LogP contribution in [-0.4, -0.2) is 12.6 Å². The molecule has 1 aromatic carbocycles. The fraction of sp³-hybridized carbons (Fsp3) is 0.429. The van der Waals surface area contributed by atoms with E-state index >= 15 is 0 Å². The molecule has 16 heavy (non-hydrogen) atoms. The van der Waals surface area contributed by atoms with Crippen molar-refractivity contribution in [3.8, 4) is 18.1 Å². The summed E-state index contributed by atoms with van der Waals surface area (Å²) in [7, 11) is 0. The highest BCUT2D eigenvalue weighted by Crippen LogP contribution is 2.24. The van der Waals surface area contributed by atoms with Crippen molar-refractivity contribution in [3.05, 3.63) is 29.8 Å². The largest absolute Gasteiger partial charge is 0.481 e.